The van der Waals surface area contributed by atoms with Gasteiger partial charge in [0, 0.05) is 50.2 Å². The fraction of sp³-hybridized carbons (Fsp3) is 0.200. The van der Waals surface area contributed by atoms with Crippen molar-refractivity contribution in [3.05, 3.63) is 58.7 Å². The van der Waals surface area contributed by atoms with E-state index < -0.39 is 10.0 Å². The summed E-state index contributed by atoms with van der Waals surface area (Å²) in [4.78, 5) is 19.6. The molecule has 4 aromatic rings. The van der Waals surface area contributed by atoms with E-state index in [1.807, 2.05) is 12.1 Å². The third kappa shape index (κ3) is 3.61. The van der Waals surface area contributed by atoms with Crippen LogP contribution in [0.25, 0.3) is 20.2 Å². The van der Waals surface area contributed by atoms with Crippen molar-refractivity contribution in [3.63, 3.8) is 0 Å². The second-order valence-corrected chi connectivity index (χ2v) is 11.9. The fourth-order valence-electron chi connectivity index (χ4n) is 3.50. The number of carbonyl (C=O) groups excluding carboxylic acids is 1. The first-order valence-electron chi connectivity index (χ1n) is 9.20. The van der Waals surface area contributed by atoms with Crippen molar-refractivity contribution >= 4 is 70.4 Å². The van der Waals surface area contributed by atoms with Crippen molar-refractivity contribution in [2.24, 2.45) is 0 Å². The van der Waals surface area contributed by atoms with E-state index in [4.69, 9.17) is 11.6 Å². The Morgan fingerprint density at radius 2 is 1.90 bits per heavy atom. The average Bonchev–Trinajstić information content (AvgIpc) is 3.32. The normalized spacial score (nSPS) is 16.0. The van der Waals surface area contributed by atoms with Crippen molar-refractivity contribution < 1.29 is 13.2 Å². The molecular formula is C20H16ClN3O3S3. The molecule has 0 N–H and O–H groups in total. The van der Waals surface area contributed by atoms with E-state index in [1.54, 1.807) is 52.9 Å². The van der Waals surface area contributed by atoms with Crippen LogP contribution in [0.5, 0.6) is 0 Å². The molecule has 0 bridgehead atoms. The number of fused-ring (bicyclic) bond motifs is 2. The van der Waals surface area contributed by atoms with Crippen LogP contribution >= 0.6 is 34.3 Å². The van der Waals surface area contributed by atoms with Crippen LogP contribution in [-0.2, 0) is 21.4 Å². The lowest BCUT2D eigenvalue weighted by atomic mass is 10.3. The second-order valence-electron chi connectivity index (χ2n) is 7.03. The number of rotatable bonds is 4. The molecule has 6 nitrogen and oxygen atoms in total. The molecule has 1 fully saturated rings. The van der Waals surface area contributed by atoms with E-state index in [0.717, 1.165) is 25.0 Å². The predicted molar refractivity (Wildman–Crippen MR) is 121 cm³/mol. The minimum atomic E-state index is -3.73. The number of benzene rings is 1. The summed E-state index contributed by atoms with van der Waals surface area (Å²) in [6, 6.07) is 10.9. The van der Waals surface area contributed by atoms with E-state index in [9.17, 15) is 13.2 Å². The minimum Gasteiger partial charge on any atom is -0.335 e. The SMILES string of the molecule is O=C1CN(S(=O)(=O)c2cc3ccc(Cl)cc3s2)CCN1Cc1cc2cnccc2s1. The summed E-state index contributed by atoms with van der Waals surface area (Å²) < 4.78 is 29.6. The predicted octanol–water partition coefficient (Wildman–Crippen LogP) is 4.20. The van der Waals surface area contributed by atoms with Crippen molar-refractivity contribution in [1.82, 2.24) is 14.2 Å². The Balaban J connectivity index is 1.33. The summed E-state index contributed by atoms with van der Waals surface area (Å²) >= 11 is 8.81. The minimum absolute atomic E-state index is 0.149. The van der Waals surface area contributed by atoms with Gasteiger partial charge in [-0.15, -0.1) is 22.7 Å². The highest BCUT2D eigenvalue weighted by molar-refractivity contribution is 7.91. The topological polar surface area (TPSA) is 70.6 Å². The van der Waals surface area contributed by atoms with Gasteiger partial charge in [0.15, 0.2) is 0 Å². The van der Waals surface area contributed by atoms with Crippen molar-refractivity contribution in [1.29, 1.82) is 0 Å². The number of hydrogen-bond donors (Lipinski definition) is 0. The number of piperazine rings is 1. The van der Waals surface area contributed by atoms with Crippen LogP contribution in [0, 0.1) is 0 Å². The van der Waals surface area contributed by atoms with E-state index in [1.165, 1.54) is 15.6 Å². The van der Waals surface area contributed by atoms with Crippen LogP contribution in [-0.4, -0.2) is 48.1 Å². The molecule has 154 valence electrons. The number of thiophene rings is 2. The quantitative estimate of drug-likeness (QED) is 0.441. The molecule has 1 aliphatic rings. The van der Waals surface area contributed by atoms with Crippen LogP contribution in [0.15, 0.2) is 53.0 Å². The molecule has 1 amide bonds. The van der Waals surface area contributed by atoms with Crippen LogP contribution in [0.2, 0.25) is 5.02 Å². The van der Waals surface area contributed by atoms with E-state index in [-0.39, 0.29) is 23.2 Å². The number of amides is 1. The van der Waals surface area contributed by atoms with Crippen molar-refractivity contribution in [2.45, 2.75) is 10.8 Å². The molecule has 1 saturated heterocycles. The Kier molecular flexibility index (Phi) is 5.03. The summed E-state index contributed by atoms with van der Waals surface area (Å²) in [5.74, 6) is -0.190. The lowest BCUT2D eigenvalue weighted by molar-refractivity contribution is -0.134. The highest BCUT2D eigenvalue weighted by Gasteiger charge is 2.34. The number of pyridine rings is 1. The maximum absolute atomic E-state index is 13.1. The second kappa shape index (κ2) is 7.58. The van der Waals surface area contributed by atoms with Gasteiger partial charge in [0.05, 0.1) is 13.1 Å². The van der Waals surface area contributed by atoms with Gasteiger partial charge in [-0.25, -0.2) is 8.42 Å². The Morgan fingerprint density at radius 3 is 2.70 bits per heavy atom. The third-order valence-corrected chi connectivity index (χ3v) is 9.78. The molecule has 4 heterocycles. The van der Waals surface area contributed by atoms with Gasteiger partial charge >= 0.3 is 0 Å². The zero-order valence-electron chi connectivity index (χ0n) is 15.6. The first-order chi connectivity index (χ1) is 14.4. The number of carbonyl (C=O) groups is 1. The molecule has 0 atom stereocenters. The molecule has 0 saturated carbocycles. The van der Waals surface area contributed by atoms with Gasteiger partial charge in [-0.05, 0) is 35.7 Å². The largest absolute Gasteiger partial charge is 0.335 e. The first kappa shape index (κ1) is 19.9. The Hall–Kier alpha value is -2.04. The lowest BCUT2D eigenvalue weighted by Crippen LogP contribution is -2.51. The molecule has 0 spiro atoms. The smallest absolute Gasteiger partial charge is 0.253 e. The molecule has 30 heavy (non-hydrogen) atoms. The summed E-state index contributed by atoms with van der Waals surface area (Å²) in [6.45, 7) is 0.966. The molecule has 0 aliphatic carbocycles. The number of halogens is 1. The number of sulfonamides is 1. The monoisotopic (exact) mass is 477 g/mol. The highest BCUT2D eigenvalue weighted by atomic mass is 35.5. The molecule has 3 aromatic heterocycles. The molecule has 0 unspecified atom stereocenters. The summed E-state index contributed by atoms with van der Waals surface area (Å²) in [6.07, 6.45) is 3.55. The fourth-order valence-corrected chi connectivity index (χ4v) is 7.76. The van der Waals surface area contributed by atoms with Crippen molar-refractivity contribution in [2.75, 3.05) is 19.6 Å². The van der Waals surface area contributed by atoms with Gasteiger partial charge in [0.2, 0.25) is 5.91 Å². The Bertz CT molecular complexity index is 1350. The van der Waals surface area contributed by atoms with E-state index in [2.05, 4.69) is 4.98 Å². The van der Waals surface area contributed by atoms with Crippen molar-refractivity contribution in [3.8, 4) is 0 Å². The molecule has 1 aliphatic heterocycles. The maximum Gasteiger partial charge on any atom is 0.253 e. The van der Waals surface area contributed by atoms with Gasteiger partial charge in [-0.1, -0.05) is 17.7 Å². The summed E-state index contributed by atoms with van der Waals surface area (Å²) in [7, 11) is -3.73. The van der Waals surface area contributed by atoms with Gasteiger partial charge in [0.25, 0.3) is 10.0 Å². The maximum atomic E-state index is 13.1. The Labute approximate surface area is 186 Å². The number of nitrogens with zero attached hydrogens (tertiary/aromatic N) is 3. The standard InChI is InChI=1S/C20H16ClN3O3S3/c21-15-2-1-13-8-20(29-18(13)9-15)30(26,27)24-6-5-23(19(25)12-24)11-16-7-14-10-22-4-3-17(14)28-16/h1-4,7-10H,5-6,11-12H2. The van der Waals surface area contributed by atoms with Gasteiger partial charge in [-0.3, -0.25) is 9.78 Å². The zero-order valence-corrected chi connectivity index (χ0v) is 18.8. The highest BCUT2D eigenvalue weighted by Crippen LogP contribution is 2.33. The zero-order chi connectivity index (χ0) is 20.9. The summed E-state index contributed by atoms with van der Waals surface area (Å²) in [5.41, 5.74) is 0. The molecule has 10 heteroatoms. The molecular weight excluding hydrogens is 462 g/mol. The number of aromatic nitrogens is 1. The van der Waals surface area contributed by atoms with Crippen LogP contribution < -0.4 is 0 Å². The van der Waals surface area contributed by atoms with Crippen LogP contribution in [0.4, 0.5) is 0 Å². The molecule has 1 aromatic carbocycles. The third-order valence-electron chi connectivity index (χ3n) is 5.05. The van der Waals surface area contributed by atoms with Gasteiger partial charge < -0.3 is 4.90 Å². The Morgan fingerprint density at radius 1 is 1.03 bits per heavy atom. The molecule has 5 rings (SSSR count). The van der Waals surface area contributed by atoms with Crippen LogP contribution in [0.1, 0.15) is 4.88 Å². The first-order valence-corrected chi connectivity index (χ1v) is 12.6. The lowest BCUT2D eigenvalue weighted by Gasteiger charge is -2.33. The van der Waals surface area contributed by atoms with Crippen LogP contribution in [0.3, 0.4) is 0 Å². The van der Waals surface area contributed by atoms with Gasteiger partial charge in [0.1, 0.15) is 4.21 Å². The summed E-state index contributed by atoms with van der Waals surface area (Å²) in [5, 5.41) is 2.44. The molecule has 0 radical (unpaired) electrons. The van der Waals surface area contributed by atoms with E-state index in [0.29, 0.717) is 18.1 Å². The average molecular weight is 478 g/mol. The van der Waals surface area contributed by atoms with E-state index >= 15 is 0 Å². The number of hydrogen-bond acceptors (Lipinski definition) is 6. The van der Waals surface area contributed by atoms with Gasteiger partial charge in [-0.2, -0.15) is 4.31 Å².